The van der Waals surface area contributed by atoms with Crippen molar-refractivity contribution in [2.75, 3.05) is 6.54 Å². The highest BCUT2D eigenvalue weighted by molar-refractivity contribution is 9.10. The van der Waals surface area contributed by atoms with Gasteiger partial charge in [-0.2, -0.15) is 5.10 Å². The van der Waals surface area contributed by atoms with Gasteiger partial charge in [-0.3, -0.25) is 9.48 Å². The Kier molecular flexibility index (Phi) is 6.20. The van der Waals surface area contributed by atoms with Crippen LogP contribution in [0.25, 0.3) is 0 Å². The SMILES string of the molecule is CCNC(C)(CCCCn1nc(C)c(Br)c1C)C(N)=O. The van der Waals surface area contributed by atoms with Gasteiger partial charge in [0.1, 0.15) is 0 Å². The summed E-state index contributed by atoms with van der Waals surface area (Å²) >= 11 is 3.53. The zero-order valence-corrected chi connectivity index (χ0v) is 14.4. The zero-order chi connectivity index (χ0) is 15.3. The van der Waals surface area contributed by atoms with Crippen LogP contribution in [0.15, 0.2) is 4.47 Å². The number of rotatable bonds is 8. The van der Waals surface area contributed by atoms with Crippen molar-refractivity contribution in [1.82, 2.24) is 15.1 Å². The minimum absolute atomic E-state index is 0.284. The van der Waals surface area contributed by atoms with E-state index in [4.69, 9.17) is 5.73 Å². The molecule has 3 N–H and O–H groups in total. The largest absolute Gasteiger partial charge is 0.368 e. The molecule has 1 aromatic rings. The second-order valence-electron chi connectivity index (χ2n) is 5.39. The fourth-order valence-corrected chi connectivity index (χ4v) is 2.61. The summed E-state index contributed by atoms with van der Waals surface area (Å²) in [6, 6.07) is 0. The van der Waals surface area contributed by atoms with E-state index < -0.39 is 5.54 Å². The molecule has 20 heavy (non-hydrogen) atoms. The van der Waals surface area contributed by atoms with Gasteiger partial charge in [0.2, 0.25) is 5.91 Å². The summed E-state index contributed by atoms with van der Waals surface area (Å²) in [5.41, 5.74) is 7.02. The quantitative estimate of drug-likeness (QED) is 0.710. The molecule has 0 aliphatic rings. The van der Waals surface area contributed by atoms with E-state index in [1.807, 2.05) is 25.5 Å². The minimum atomic E-state index is -0.607. The van der Waals surface area contributed by atoms with Gasteiger partial charge in [0.15, 0.2) is 0 Å². The van der Waals surface area contributed by atoms with Gasteiger partial charge < -0.3 is 11.1 Å². The van der Waals surface area contributed by atoms with Crippen molar-refractivity contribution in [1.29, 1.82) is 0 Å². The number of likely N-dealkylation sites (N-methyl/N-ethyl adjacent to an activating group) is 1. The van der Waals surface area contributed by atoms with Gasteiger partial charge in [0.05, 0.1) is 15.7 Å². The first-order chi connectivity index (χ1) is 9.31. The first kappa shape index (κ1) is 17.2. The first-order valence-electron chi connectivity index (χ1n) is 7.06. The number of nitrogens with one attached hydrogen (secondary N) is 1. The van der Waals surface area contributed by atoms with E-state index >= 15 is 0 Å². The molecular weight excluding hydrogens is 320 g/mol. The number of aromatic nitrogens is 2. The van der Waals surface area contributed by atoms with Gasteiger partial charge in [-0.1, -0.05) is 6.92 Å². The third-order valence-corrected chi connectivity index (χ3v) is 4.85. The molecule has 1 aromatic heterocycles. The van der Waals surface area contributed by atoms with E-state index in [2.05, 4.69) is 33.3 Å². The molecule has 1 atom stereocenters. The van der Waals surface area contributed by atoms with Crippen LogP contribution in [0.3, 0.4) is 0 Å². The molecule has 0 bridgehead atoms. The Labute approximate surface area is 129 Å². The lowest BCUT2D eigenvalue weighted by atomic mass is 9.94. The third kappa shape index (κ3) is 4.06. The number of hydrogen-bond acceptors (Lipinski definition) is 3. The molecule has 0 fully saturated rings. The highest BCUT2D eigenvalue weighted by Crippen LogP contribution is 2.20. The van der Waals surface area contributed by atoms with Crippen molar-refractivity contribution < 1.29 is 4.79 Å². The minimum Gasteiger partial charge on any atom is -0.368 e. The Morgan fingerprint density at radius 3 is 2.55 bits per heavy atom. The number of amides is 1. The van der Waals surface area contributed by atoms with Crippen LogP contribution in [0.4, 0.5) is 0 Å². The highest BCUT2D eigenvalue weighted by Gasteiger charge is 2.28. The van der Waals surface area contributed by atoms with Crippen molar-refractivity contribution in [3.63, 3.8) is 0 Å². The van der Waals surface area contributed by atoms with Crippen LogP contribution >= 0.6 is 15.9 Å². The summed E-state index contributed by atoms with van der Waals surface area (Å²) < 4.78 is 3.08. The van der Waals surface area contributed by atoms with Crippen LogP contribution in [-0.2, 0) is 11.3 Å². The number of halogens is 1. The van der Waals surface area contributed by atoms with Crippen LogP contribution in [0, 0.1) is 13.8 Å². The predicted octanol–water partition coefficient (Wildman–Crippen LogP) is 2.29. The van der Waals surface area contributed by atoms with Gasteiger partial charge in [-0.15, -0.1) is 0 Å². The van der Waals surface area contributed by atoms with Crippen molar-refractivity contribution in [3.8, 4) is 0 Å². The Morgan fingerprint density at radius 2 is 2.10 bits per heavy atom. The van der Waals surface area contributed by atoms with E-state index in [9.17, 15) is 4.79 Å². The number of aryl methyl sites for hydroxylation is 2. The molecule has 0 radical (unpaired) electrons. The summed E-state index contributed by atoms with van der Waals surface area (Å²) in [6.45, 7) is 9.50. The van der Waals surface area contributed by atoms with Gasteiger partial charge in [-0.05, 0) is 62.5 Å². The molecule has 1 heterocycles. The maximum atomic E-state index is 11.5. The normalized spacial score (nSPS) is 14.2. The summed E-state index contributed by atoms with van der Waals surface area (Å²) in [5.74, 6) is -0.284. The molecule has 5 nitrogen and oxygen atoms in total. The molecule has 0 aromatic carbocycles. The number of unbranched alkanes of at least 4 members (excludes halogenated alkanes) is 1. The lowest BCUT2D eigenvalue weighted by Crippen LogP contribution is -2.52. The van der Waals surface area contributed by atoms with Gasteiger partial charge in [0.25, 0.3) is 0 Å². The predicted molar refractivity (Wildman–Crippen MR) is 84.5 cm³/mol. The summed E-state index contributed by atoms with van der Waals surface area (Å²) in [6.07, 6.45) is 2.65. The molecule has 114 valence electrons. The fourth-order valence-electron chi connectivity index (χ4n) is 2.32. The van der Waals surface area contributed by atoms with E-state index in [0.29, 0.717) is 0 Å². The fraction of sp³-hybridized carbons (Fsp3) is 0.714. The first-order valence-corrected chi connectivity index (χ1v) is 7.85. The molecular formula is C14H25BrN4O. The van der Waals surface area contributed by atoms with Crippen LogP contribution in [0.2, 0.25) is 0 Å². The Morgan fingerprint density at radius 1 is 1.45 bits per heavy atom. The second-order valence-corrected chi connectivity index (χ2v) is 6.18. The molecule has 0 aliphatic carbocycles. The molecule has 1 unspecified atom stereocenters. The summed E-state index contributed by atoms with van der Waals surface area (Å²) in [5, 5.41) is 7.65. The van der Waals surface area contributed by atoms with Crippen LogP contribution in [0.5, 0.6) is 0 Å². The van der Waals surface area contributed by atoms with Crippen LogP contribution < -0.4 is 11.1 Å². The summed E-state index contributed by atoms with van der Waals surface area (Å²) in [7, 11) is 0. The average molecular weight is 345 g/mol. The molecule has 0 saturated heterocycles. The standard InChI is InChI=1S/C14H25BrN4O/c1-5-17-14(4,13(16)20)8-6-7-9-19-11(3)12(15)10(2)18-19/h17H,5-9H2,1-4H3,(H2,16,20). The van der Waals surface area contributed by atoms with E-state index in [0.717, 1.165) is 48.2 Å². The monoisotopic (exact) mass is 344 g/mol. The number of carbonyl (C=O) groups excluding carboxylic acids is 1. The highest BCUT2D eigenvalue weighted by atomic mass is 79.9. The lowest BCUT2D eigenvalue weighted by Gasteiger charge is -2.26. The molecule has 0 spiro atoms. The maximum absolute atomic E-state index is 11.5. The summed E-state index contributed by atoms with van der Waals surface area (Å²) in [4.78, 5) is 11.5. The van der Waals surface area contributed by atoms with Gasteiger partial charge in [0, 0.05) is 12.2 Å². The smallest absolute Gasteiger partial charge is 0.237 e. The molecule has 1 amide bonds. The number of hydrogen-bond donors (Lipinski definition) is 2. The second kappa shape index (κ2) is 7.22. The van der Waals surface area contributed by atoms with E-state index in [-0.39, 0.29) is 5.91 Å². The van der Waals surface area contributed by atoms with Gasteiger partial charge in [-0.25, -0.2) is 0 Å². The van der Waals surface area contributed by atoms with Gasteiger partial charge >= 0.3 is 0 Å². The van der Waals surface area contributed by atoms with Crippen molar-refractivity contribution in [2.45, 2.75) is 59.0 Å². The topological polar surface area (TPSA) is 72.9 Å². The Hall–Kier alpha value is -0.880. The van der Waals surface area contributed by atoms with E-state index in [1.54, 1.807) is 0 Å². The van der Waals surface area contributed by atoms with E-state index in [1.165, 1.54) is 0 Å². The Bertz CT molecular complexity index is 472. The zero-order valence-electron chi connectivity index (χ0n) is 12.8. The van der Waals surface area contributed by atoms with Crippen molar-refractivity contribution in [2.24, 2.45) is 5.73 Å². The molecule has 1 rings (SSSR count). The lowest BCUT2D eigenvalue weighted by molar-refractivity contribution is -0.124. The third-order valence-electron chi connectivity index (χ3n) is 3.70. The number of nitrogens with two attached hydrogens (primary N) is 1. The van der Waals surface area contributed by atoms with Crippen molar-refractivity contribution in [3.05, 3.63) is 15.9 Å². The molecule has 6 heteroatoms. The Balaban J connectivity index is 2.48. The van der Waals surface area contributed by atoms with Crippen LogP contribution in [0.1, 0.15) is 44.5 Å². The number of primary amides is 1. The van der Waals surface area contributed by atoms with Crippen LogP contribution in [-0.4, -0.2) is 27.8 Å². The molecule has 0 aliphatic heterocycles. The molecule has 0 saturated carbocycles. The number of carbonyl (C=O) groups is 1. The average Bonchev–Trinajstić information content (AvgIpc) is 2.62. The van der Waals surface area contributed by atoms with Crippen molar-refractivity contribution >= 4 is 21.8 Å². The maximum Gasteiger partial charge on any atom is 0.237 e. The number of nitrogens with zero attached hydrogens (tertiary/aromatic N) is 2.